The molecule has 23 heavy (non-hydrogen) atoms. The highest BCUT2D eigenvalue weighted by Crippen LogP contribution is 2.28. The number of carbonyl (C=O) groups is 1. The fourth-order valence-corrected chi connectivity index (χ4v) is 2.44. The molecule has 0 radical (unpaired) electrons. The number of para-hydroxylation sites is 1. The van der Waals surface area contributed by atoms with E-state index in [1.54, 1.807) is 42.5 Å². The molecule has 0 fully saturated rings. The van der Waals surface area contributed by atoms with Gasteiger partial charge in [-0.25, -0.2) is 0 Å². The molecule has 0 aliphatic rings. The molecule has 0 atom stereocenters. The number of carbonyl (C=O) groups excluding carboxylic acids is 1. The number of rotatable bonds is 5. The lowest BCUT2D eigenvalue weighted by Crippen LogP contribution is -1.98. The first-order valence-corrected chi connectivity index (χ1v) is 7.38. The molecule has 5 nitrogen and oxygen atoms in total. The zero-order valence-electron chi connectivity index (χ0n) is 11.7. The number of nitrogens with zero attached hydrogens (tertiary/aromatic N) is 2. The monoisotopic (exact) mass is 348 g/mol. The lowest BCUT2D eigenvalue weighted by molar-refractivity contribution is 0.111. The van der Waals surface area contributed by atoms with Crippen LogP contribution in [0.3, 0.4) is 0 Å². The smallest absolute Gasteiger partial charge is 0.264 e. The van der Waals surface area contributed by atoms with E-state index in [1.807, 2.05) is 0 Å². The Morgan fingerprint density at radius 1 is 1.17 bits per heavy atom. The highest BCUT2D eigenvalue weighted by atomic mass is 35.5. The van der Waals surface area contributed by atoms with Crippen molar-refractivity contribution in [1.82, 2.24) is 10.1 Å². The van der Waals surface area contributed by atoms with Gasteiger partial charge in [-0.3, -0.25) is 4.79 Å². The normalized spacial score (nSPS) is 10.5. The van der Waals surface area contributed by atoms with Crippen LogP contribution in [0.25, 0.3) is 11.4 Å². The number of ether oxygens (including phenoxy) is 1. The van der Waals surface area contributed by atoms with E-state index in [2.05, 4.69) is 10.1 Å². The highest BCUT2D eigenvalue weighted by molar-refractivity contribution is 6.36. The third-order valence-electron chi connectivity index (χ3n) is 3.04. The van der Waals surface area contributed by atoms with Crippen molar-refractivity contribution in [2.75, 3.05) is 0 Å². The van der Waals surface area contributed by atoms with Crippen LogP contribution >= 0.6 is 23.2 Å². The summed E-state index contributed by atoms with van der Waals surface area (Å²) in [5.74, 6) is 1.06. The zero-order chi connectivity index (χ0) is 16.2. The van der Waals surface area contributed by atoms with Crippen LogP contribution in [0.4, 0.5) is 0 Å². The fourth-order valence-electron chi connectivity index (χ4n) is 1.94. The summed E-state index contributed by atoms with van der Waals surface area (Å²) in [7, 11) is 0. The lowest BCUT2D eigenvalue weighted by atomic mass is 10.2. The molecule has 0 aliphatic carbocycles. The molecule has 0 saturated carbocycles. The SMILES string of the molecule is O=Cc1ccccc1OCc1nc(-c2ccc(Cl)cc2Cl)no1. The average molecular weight is 349 g/mol. The molecule has 3 aromatic rings. The van der Waals surface area contributed by atoms with Gasteiger partial charge in [0.15, 0.2) is 12.9 Å². The van der Waals surface area contributed by atoms with E-state index < -0.39 is 0 Å². The molecule has 2 aromatic carbocycles. The van der Waals surface area contributed by atoms with Crippen molar-refractivity contribution in [3.63, 3.8) is 0 Å². The van der Waals surface area contributed by atoms with Crippen LogP contribution < -0.4 is 4.74 Å². The molecule has 1 heterocycles. The third kappa shape index (κ3) is 3.52. The van der Waals surface area contributed by atoms with Gasteiger partial charge >= 0.3 is 0 Å². The van der Waals surface area contributed by atoms with Gasteiger partial charge in [-0.05, 0) is 30.3 Å². The van der Waals surface area contributed by atoms with Crippen LogP contribution in [0.2, 0.25) is 10.0 Å². The van der Waals surface area contributed by atoms with Gasteiger partial charge in [0.1, 0.15) is 5.75 Å². The van der Waals surface area contributed by atoms with Gasteiger partial charge in [-0.2, -0.15) is 4.98 Å². The second-order valence-corrected chi connectivity index (χ2v) is 5.42. The third-order valence-corrected chi connectivity index (χ3v) is 3.59. The Hall–Kier alpha value is -2.37. The standard InChI is InChI=1S/C16H10Cl2N2O3/c17-11-5-6-12(13(18)7-11)16-19-15(23-20-16)9-22-14-4-2-1-3-10(14)8-21/h1-8H,9H2. The first-order valence-electron chi connectivity index (χ1n) is 6.62. The summed E-state index contributed by atoms with van der Waals surface area (Å²) in [6, 6.07) is 11.9. The van der Waals surface area contributed by atoms with E-state index in [1.165, 1.54) is 0 Å². The number of benzene rings is 2. The van der Waals surface area contributed by atoms with Crippen molar-refractivity contribution in [2.24, 2.45) is 0 Å². The van der Waals surface area contributed by atoms with Crippen LogP contribution in [0, 0.1) is 0 Å². The van der Waals surface area contributed by atoms with Gasteiger partial charge in [0.2, 0.25) is 5.82 Å². The van der Waals surface area contributed by atoms with E-state index in [9.17, 15) is 4.79 Å². The number of aromatic nitrogens is 2. The molecule has 1 aromatic heterocycles. The minimum absolute atomic E-state index is 0.0447. The number of halogens is 2. The number of hydrogen-bond donors (Lipinski definition) is 0. The minimum Gasteiger partial charge on any atom is -0.483 e. The molecular weight excluding hydrogens is 339 g/mol. The topological polar surface area (TPSA) is 65.2 Å². The first-order chi connectivity index (χ1) is 11.2. The van der Waals surface area contributed by atoms with Crippen molar-refractivity contribution >= 4 is 29.5 Å². The fraction of sp³-hybridized carbons (Fsp3) is 0.0625. The highest BCUT2D eigenvalue weighted by Gasteiger charge is 2.13. The first kappa shape index (κ1) is 15.5. The summed E-state index contributed by atoms with van der Waals surface area (Å²) in [5, 5.41) is 4.82. The van der Waals surface area contributed by atoms with Crippen molar-refractivity contribution in [1.29, 1.82) is 0 Å². The van der Waals surface area contributed by atoms with Crippen molar-refractivity contribution in [2.45, 2.75) is 6.61 Å². The molecule has 0 spiro atoms. The summed E-state index contributed by atoms with van der Waals surface area (Å²) >= 11 is 12.0. The van der Waals surface area contributed by atoms with Crippen molar-refractivity contribution in [3.05, 3.63) is 64.0 Å². The Kier molecular flexibility index (Phi) is 4.60. The van der Waals surface area contributed by atoms with Crippen molar-refractivity contribution < 1.29 is 14.1 Å². The Morgan fingerprint density at radius 2 is 2.00 bits per heavy atom. The van der Waals surface area contributed by atoms with Gasteiger partial charge in [-0.1, -0.05) is 40.5 Å². The minimum atomic E-state index is 0.0447. The van der Waals surface area contributed by atoms with E-state index in [-0.39, 0.29) is 12.5 Å². The van der Waals surface area contributed by atoms with Gasteiger partial charge < -0.3 is 9.26 Å². The maximum Gasteiger partial charge on any atom is 0.264 e. The van der Waals surface area contributed by atoms with E-state index >= 15 is 0 Å². The Bertz CT molecular complexity index is 849. The van der Waals surface area contributed by atoms with Crippen LogP contribution in [0.1, 0.15) is 16.2 Å². The van der Waals surface area contributed by atoms with Crippen LogP contribution in [-0.4, -0.2) is 16.4 Å². The predicted octanol–water partition coefficient (Wildman–Crippen LogP) is 4.43. The maximum atomic E-state index is 10.9. The molecule has 0 saturated heterocycles. The largest absolute Gasteiger partial charge is 0.483 e. The van der Waals surface area contributed by atoms with E-state index in [0.717, 1.165) is 6.29 Å². The molecule has 0 bridgehead atoms. The number of aldehydes is 1. The van der Waals surface area contributed by atoms with Crippen LogP contribution in [0.5, 0.6) is 5.75 Å². The molecule has 0 aliphatic heterocycles. The zero-order valence-corrected chi connectivity index (χ0v) is 13.2. The van der Waals surface area contributed by atoms with Crippen LogP contribution in [0.15, 0.2) is 47.0 Å². The number of hydrogen-bond acceptors (Lipinski definition) is 5. The molecule has 7 heteroatoms. The summed E-state index contributed by atoms with van der Waals surface area (Å²) in [5.41, 5.74) is 1.06. The van der Waals surface area contributed by atoms with Gasteiger partial charge in [0, 0.05) is 10.6 Å². The maximum absolute atomic E-state index is 10.9. The van der Waals surface area contributed by atoms with Crippen LogP contribution in [-0.2, 0) is 6.61 Å². The lowest BCUT2D eigenvalue weighted by Gasteiger charge is -2.04. The van der Waals surface area contributed by atoms with E-state index in [0.29, 0.717) is 32.7 Å². The molecule has 0 N–H and O–H groups in total. The second-order valence-electron chi connectivity index (χ2n) is 4.58. The summed E-state index contributed by atoms with van der Waals surface area (Å²) in [6.45, 7) is 0.0447. The van der Waals surface area contributed by atoms with Gasteiger partial charge in [-0.15, -0.1) is 0 Å². The van der Waals surface area contributed by atoms with Gasteiger partial charge in [0.05, 0.1) is 10.6 Å². The average Bonchev–Trinajstić information content (AvgIpc) is 3.02. The molecular formula is C16H10Cl2N2O3. The summed E-state index contributed by atoms with van der Waals surface area (Å²) in [4.78, 5) is 15.2. The summed E-state index contributed by atoms with van der Waals surface area (Å²) < 4.78 is 10.7. The van der Waals surface area contributed by atoms with Gasteiger partial charge in [0.25, 0.3) is 5.89 Å². The molecule has 3 rings (SSSR count). The second kappa shape index (κ2) is 6.81. The van der Waals surface area contributed by atoms with E-state index in [4.69, 9.17) is 32.5 Å². The molecule has 0 amide bonds. The molecule has 116 valence electrons. The summed E-state index contributed by atoms with van der Waals surface area (Å²) in [6.07, 6.45) is 0.724. The quantitative estimate of drug-likeness (QED) is 0.638. The Morgan fingerprint density at radius 3 is 2.78 bits per heavy atom. The Labute approximate surface area is 141 Å². The molecule has 0 unspecified atom stereocenters. The Balaban J connectivity index is 1.76. The van der Waals surface area contributed by atoms with Crippen molar-refractivity contribution in [3.8, 4) is 17.1 Å². The predicted molar refractivity (Wildman–Crippen MR) is 85.9 cm³/mol.